The van der Waals surface area contributed by atoms with Gasteiger partial charge >= 0.3 is 0 Å². The summed E-state index contributed by atoms with van der Waals surface area (Å²) in [5, 5.41) is 0. The van der Waals surface area contributed by atoms with Crippen LogP contribution in [-0.2, 0) is 20.3 Å². The summed E-state index contributed by atoms with van der Waals surface area (Å²) in [4.78, 5) is 2.49. The van der Waals surface area contributed by atoms with Gasteiger partial charge in [0.15, 0.2) is 0 Å². The highest BCUT2D eigenvalue weighted by Crippen LogP contribution is 2.39. The molecular formula is C16H24N2O3S. The summed E-state index contributed by atoms with van der Waals surface area (Å²) in [5.41, 5.74) is 1.23. The number of hydrogen-bond donors (Lipinski definition) is 0. The van der Waals surface area contributed by atoms with Crippen LogP contribution in [0.2, 0.25) is 0 Å². The molecule has 0 radical (unpaired) electrons. The molecular weight excluding hydrogens is 300 g/mol. The first-order chi connectivity index (χ1) is 10.5. The van der Waals surface area contributed by atoms with E-state index in [1.165, 1.54) is 11.8 Å². The lowest BCUT2D eigenvalue weighted by molar-refractivity contribution is -0.0439. The standard InChI is InChI=1S/C16H24N2O3S/c1-22(19,20)18-9-7-16(8-10-18,15-5-3-2-4-6-15)17-11-13-21-14-12-17/h2-6H,7-14H2,1H3. The van der Waals surface area contributed by atoms with E-state index in [2.05, 4.69) is 29.2 Å². The van der Waals surface area contributed by atoms with Gasteiger partial charge in [0, 0.05) is 31.7 Å². The minimum atomic E-state index is -3.10. The van der Waals surface area contributed by atoms with Gasteiger partial charge in [0.25, 0.3) is 0 Å². The Morgan fingerprint density at radius 2 is 1.59 bits per heavy atom. The molecule has 122 valence electrons. The zero-order valence-electron chi connectivity index (χ0n) is 13.1. The average Bonchev–Trinajstić information content (AvgIpc) is 2.56. The van der Waals surface area contributed by atoms with Crippen LogP contribution in [0.4, 0.5) is 0 Å². The fourth-order valence-electron chi connectivity index (χ4n) is 3.72. The summed E-state index contributed by atoms with van der Waals surface area (Å²) < 4.78 is 30.7. The maximum atomic E-state index is 11.8. The van der Waals surface area contributed by atoms with Crippen molar-refractivity contribution >= 4 is 10.0 Å². The number of morpholine rings is 1. The van der Waals surface area contributed by atoms with Gasteiger partial charge in [-0.3, -0.25) is 4.90 Å². The molecule has 0 spiro atoms. The number of hydrogen-bond acceptors (Lipinski definition) is 4. The van der Waals surface area contributed by atoms with Gasteiger partial charge in [0.1, 0.15) is 0 Å². The molecule has 0 saturated carbocycles. The predicted molar refractivity (Wildman–Crippen MR) is 86.2 cm³/mol. The first-order valence-corrected chi connectivity index (χ1v) is 9.71. The van der Waals surface area contributed by atoms with Crippen LogP contribution in [0, 0.1) is 0 Å². The van der Waals surface area contributed by atoms with Gasteiger partial charge < -0.3 is 4.74 Å². The molecule has 6 heteroatoms. The van der Waals surface area contributed by atoms with Gasteiger partial charge in [-0.2, -0.15) is 0 Å². The van der Waals surface area contributed by atoms with E-state index < -0.39 is 10.0 Å². The van der Waals surface area contributed by atoms with E-state index in [9.17, 15) is 8.42 Å². The summed E-state index contributed by atoms with van der Waals surface area (Å²) >= 11 is 0. The van der Waals surface area contributed by atoms with E-state index >= 15 is 0 Å². The van der Waals surface area contributed by atoms with Gasteiger partial charge in [-0.25, -0.2) is 12.7 Å². The number of nitrogens with zero attached hydrogens (tertiary/aromatic N) is 2. The molecule has 0 aliphatic carbocycles. The molecule has 0 amide bonds. The van der Waals surface area contributed by atoms with Crippen LogP contribution in [0.5, 0.6) is 0 Å². The van der Waals surface area contributed by atoms with Gasteiger partial charge in [-0.1, -0.05) is 30.3 Å². The molecule has 0 bridgehead atoms. The van der Waals surface area contributed by atoms with Crippen molar-refractivity contribution in [3.63, 3.8) is 0 Å². The monoisotopic (exact) mass is 324 g/mol. The summed E-state index contributed by atoms with van der Waals surface area (Å²) in [6.07, 6.45) is 2.98. The number of benzene rings is 1. The summed E-state index contributed by atoms with van der Waals surface area (Å²) in [6.45, 7) is 4.51. The Labute approximate surface area is 132 Å². The molecule has 2 heterocycles. The fraction of sp³-hybridized carbons (Fsp3) is 0.625. The van der Waals surface area contributed by atoms with Crippen LogP contribution in [0.1, 0.15) is 18.4 Å². The molecule has 2 aliphatic rings. The molecule has 0 unspecified atom stereocenters. The van der Waals surface area contributed by atoms with E-state index in [1.807, 2.05) is 6.07 Å². The SMILES string of the molecule is CS(=O)(=O)N1CCC(c2ccccc2)(N2CCOCC2)CC1. The van der Waals surface area contributed by atoms with Crippen molar-refractivity contribution in [1.29, 1.82) is 0 Å². The minimum Gasteiger partial charge on any atom is -0.379 e. The third-order valence-corrected chi connectivity index (χ3v) is 6.25. The second-order valence-electron chi connectivity index (χ2n) is 6.16. The number of rotatable bonds is 3. The highest BCUT2D eigenvalue weighted by molar-refractivity contribution is 7.88. The second kappa shape index (κ2) is 6.28. The lowest BCUT2D eigenvalue weighted by Crippen LogP contribution is -2.56. The molecule has 0 aromatic heterocycles. The number of ether oxygens (including phenoxy) is 1. The van der Waals surface area contributed by atoms with Crippen molar-refractivity contribution < 1.29 is 13.2 Å². The molecule has 5 nitrogen and oxygen atoms in total. The van der Waals surface area contributed by atoms with E-state index in [4.69, 9.17) is 4.74 Å². The van der Waals surface area contributed by atoms with Crippen LogP contribution in [0.15, 0.2) is 30.3 Å². The van der Waals surface area contributed by atoms with Crippen molar-refractivity contribution in [2.24, 2.45) is 0 Å². The lowest BCUT2D eigenvalue weighted by atomic mass is 9.79. The quantitative estimate of drug-likeness (QED) is 0.840. The zero-order valence-corrected chi connectivity index (χ0v) is 13.9. The van der Waals surface area contributed by atoms with Gasteiger partial charge in [-0.15, -0.1) is 0 Å². The Bertz CT molecular complexity index is 589. The molecule has 3 rings (SSSR count). The topological polar surface area (TPSA) is 49.9 Å². The van der Waals surface area contributed by atoms with E-state index in [1.54, 1.807) is 4.31 Å². The molecule has 1 aromatic rings. The van der Waals surface area contributed by atoms with E-state index in [0.717, 1.165) is 39.1 Å². The summed E-state index contributed by atoms with van der Waals surface area (Å²) in [5.74, 6) is 0. The Kier molecular flexibility index (Phi) is 4.54. The lowest BCUT2D eigenvalue weighted by Gasteiger charge is -2.50. The van der Waals surface area contributed by atoms with Crippen LogP contribution >= 0.6 is 0 Å². The van der Waals surface area contributed by atoms with Crippen LogP contribution in [0.3, 0.4) is 0 Å². The van der Waals surface area contributed by atoms with Gasteiger partial charge in [-0.05, 0) is 18.4 Å². The average molecular weight is 324 g/mol. The first kappa shape index (κ1) is 15.9. The van der Waals surface area contributed by atoms with Crippen LogP contribution in [-0.4, -0.2) is 63.3 Å². The molecule has 0 N–H and O–H groups in total. The Morgan fingerprint density at radius 3 is 2.14 bits per heavy atom. The third-order valence-electron chi connectivity index (χ3n) is 4.95. The second-order valence-corrected chi connectivity index (χ2v) is 8.14. The largest absolute Gasteiger partial charge is 0.379 e. The van der Waals surface area contributed by atoms with Crippen LogP contribution in [0.25, 0.3) is 0 Å². The predicted octanol–water partition coefficient (Wildman–Crippen LogP) is 1.27. The van der Waals surface area contributed by atoms with Crippen LogP contribution < -0.4 is 0 Å². The molecule has 2 aliphatic heterocycles. The van der Waals surface area contributed by atoms with Crippen molar-refractivity contribution in [3.8, 4) is 0 Å². The summed E-state index contributed by atoms with van der Waals surface area (Å²) in [7, 11) is -3.10. The van der Waals surface area contributed by atoms with Crippen molar-refractivity contribution in [2.45, 2.75) is 18.4 Å². The van der Waals surface area contributed by atoms with Gasteiger partial charge in [0.2, 0.25) is 10.0 Å². The molecule has 2 fully saturated rings. The van der Waals surface area contributed by atoms with Crippen molar-refractivity contribution in [2.75, 3.05) is 45.6 Å². The fourth-order valence-corrected chi connectivity index (χ4v) is 4.56. The Hall–Kier alpha value is -0.950. The zero-order chi connectivity index (χ0) is 15.6. The highest BCUT2D eigenvalue weighted by Gasteiger charge is 2.43. The molecule has 0 atom stereocenters. The number of sulfonamides is 1. The molecule has 22 heavy (non-hydrogen) atoms. The van der Waals surface area contributed by atoms with Crippen molar-refractivity contribution in [1.82, 2.24) is 9.21 Å². The maximum Gasteiger partial charge on any atom is 0.211 e. The van der Waals surface area contributed by atoms with Gasteiger partial charge in [0.05, 0.1) is 19.5 Å². The van der Waals surface area contributed by atoms with Crippen molar-refractivity contribution in [3.05, 3.63) is 35.9 Å². The summed E-state index contributed by atoms with van der Waals surface area (Å²) in [6, 6.07) is 10.5. The van der Waals surface area contributed by atoms with E-state index in [0.29, 0.717) is 13.1 Å². The Morgan fingerprint density at radius 1 is 1.00 bits per heavy atom. The molecule has 1 aromatic carbocycles. The number of piperidine rings is 1. The first-order valence-electron chi connectivity index (χ1n) is 7.86. The maximum absolute atomic E-state index is 11.8. The highest BCUT2D eigenvalue weighted by atomic mass is 32.2. The third kappa shape index (κ3) is 3.06. The van der Waals surface area contributed by atoms with E-state index in [-0.39, 0.29) is 5.54 Å². The normalized spacial score (nSPS) is 24.2. The molecule has 2 saturated heterocycles. The minimum absolute atomic E-state index is 0.0633. The smallest absolute Gasteiger partial charge is 0.211 e. The Balaban J connectivity index is 1.89.